The molecule has 29 heavy (non-hydrogen) atoms. The molecule has 3 aromatic rings. The number of aromatic nitrogens is 1. The maximum absolute atomic E-state index is 12.7. The molecule has 1 amide bonds. The summed E-state index contributed by atoms with van der Waals surface area (Å²) in [5, 5.41) is 0. The summed E-state index contributed by atoms with van der Waals surface area (Å²) in [4.78, 5) is 29.5. The lowest BCUT2D eigenvalue weighted by molar-refractivity contribution is -0.117. The highest BCUT2D eigenvalue weighted by atomic mass is 32.1. The predicted octanol–water partition coefficient (Wildman–Crippen LogP) is 3.42. The third-order valence-corrected chi connectivity index (χ3v) is 5.73. The molecule has 1 aromatic heterocycles. The van der Waals surface area contributed by atoms with Crippen molar-refractivity contribution < 1.29 is 19.1 Å². The van der Waals surface area contributed by atoms with E-state index < -0.39 is 5.97 Å². The summed E-state index contributed by atoms with van der Waals surface area (Å²) in [5.41, 5.74) is 4.54. The van der Waals surface area contributed by atoms with Crippen molar-refractivity contribution in [3.05, 3.63) is 63.5 Å². The maximum Gasteiger partial charge on any atom is 0.337 e. The number of carbonyl (C=O) groups excluding carboxylic acids is 2. The van der Waals surface area contributed by atoms with Crippen LogP contribution in [0.2, 0.25) is 0 Å². The third kappa shape index (κ3) is 4.81. The Kier molecular flexibility index (Phi) is 6.61. The van der Waals surface area contributed by atoms with Gasteiger partial charge in [-0.2, -0.15) is 4.99 Å². The Morgan fingerprint density at radius 3 is 2.62 bits per heavy atom. The number of hydrogen-bond donors (Lipinski definition) is 0. The number of fused-ring (bicyclic) bond motifs is 1. The van der Waals surface area contributed by atoms with E-state index in [4.69, 9.17) is 9.47 Å². The van der Waals surface area contributed by atoms with Crippen LogP contribution in [-0.4, -0.2) is 37.3 Å². The number of amides is 1. The number of thiazole rings is 1. The quantitative estimate of drug-likeness (QED) is 0.582. The number of rotatable bonds is 6. The van der Waals surface area contributed by atoms with Gasteiger partial charge in [0, 0.05) is 13.7 Å². The number of ether oxygens (including phenoxy) is 2. The Morgan fingerprint density at radius 1 is 1.10 bits per heavy atom. The molecule has 7 heteroatoms. The summed E-state index contributed by atoms with van der Waals surface area (Å²) in [6.07, 6.45) is 0.249. The Bertz CT molecular complexity index is 1130. The largest absolute Gasteiger partial charge is 0.465 e. The molecular formula is C22H24N2O4S. The Labute approximate surface area is 173 Å². The molecule has 0 spiro atoms. The summed E-state index contributed by atoms with van der Waals surface area (Å²) in [6.45, 7) is 5.05. The van der Waals surface area contributed by atoms with Crippen LogP contribution in [0.3, 0.4) is 0 Å². The number of esters is 1. The van der Waals surface area contributed by atoms with Crippen LogP contribution in [-0.2, 0) is 27.2 Å². The van der Waals surface area contributed by atoms with Gasteiger partial charge in [-0.3, -0.25) is 4.79 Å². The standard InChI is InChI=1S/C22H24N2O4S/c1-14-5-6-15(2)17(11-14)13-20(25)23-22-24(9-10-27-3)18-8-7-16(21(26)28-4)12-19(18)29-22/h5-8,11-12H,9-10,13H2,1-4H3. The van der Waals surface area contributed by atoms with E-state index in [1.54, 1.807) is 19.2 Å². The molecule has 0 aliphatic carbocycles. The Balaban J connectivity index is 2.02. The second-order valence-corrected chi connectivity index (χ2v) is 7.82. The fourth-order valence-electron chi connectivity index (χ4n) is 3.10. The summed E-state index contributed by atoms with van der Waals surface area (Å²) in [6, 6.07) is 11.4. The highest BCUT2D eigenvalue weighted by Gasteiger charge is 2.13. The fraction of sp³-hybridized carbons (Fsp3) is 0.318. The monoisotopic (exact) mass is 412 g/mol. The number of nitrogens with zero attached hydrogens (tertiary/aromatic N) is 2. The number of hydrogen-bond acceptors (Lipinski definition) is 5. The third-order valence-electron chi connectivity index (χ3n) is 4.69. The predicted molar refractivity (Wildman–Crippen MR) is 113 cm³/mol. The van der Waals surface area contributed by atoms with Crippen LogP contribution in [0.5, 0.6) is 0 Å². The average molecular weight is 413 g/mol. The smallest absolute Gasteiger partial charge is 0.337 e. The van der Waals surface area contributed by atoms with E-state index in [1.807, 2.05) is 42.7 Å². The summed E-state index contributed by atoms with van der Waals surface area (Å²) < 4.78 is 12.8. The molecule has 0 unspecified atom stereocenters. The Morgan fingerprint density at radius 2 is 1.90 bits per heavy atom. The molecule has 0 fully saturated rings. The van der Waals surface area contributed by atoms with Gasteiger partial charge in [0.2, 0.25) is 0 Å². The molecule has 0 saturated carbocycles. The van der Waals surface area contributed by atoms with Crippen LogP contribution < -0.4 is 4.80 Å². The van der Waals surface area contributed by atoms with Crippen molar-refractivity contribution in [3.8, 4) is 0 Å². The molecule has 6 nitrogen and oxygen atoms in total. The topological polar surface area (TPSA) is 69.9 Å². The molecule has 0 bridgehead atoms. The van der Waals surface area contributed by atoms with Gasteiger partial charge in [0.25, 0.3) is 5.91 Å². The molecule has 1 heterocycles. The van der Waals surface area contributed by atoms with Crippen molar-refractivity contribution in [2.45, 2.75) is 26.8 Å². The average Bonchev–Trinajstić information content (AvgIpc) is 3.04. The van der Waals surface area contributed by atoms with Crippen LogP contribution >= 0.6 is 11.3 Å². The zero-order valence-corrected chi connectivity index (χ0v) is 17.8. The second-order valence-electron chi connectivity index (χ2n) is 6.82. The molecule has 0 aliphatic heterocycles. The molecule has 0 atom stereocenters. The normalized spacial score (nSPS) is 11.8. The molecule has 3 rings (SSSR count). The first-order valence-corrected chi connectivity index (χ1v) is 10.1. The molecule has 0 N–H and O–H groups in total. The first-order valence-electron chi connectivity index (χ1n) is 9.27. The van der Waals surface area contributed by atoms with Gasteiger partial charge in [0.15, 0.2) is 4.80 Å². The lowest BCUT2D eigenvalue weighted by Gasteiger charge is -2.06. The van der Waals surface area contributed by atoms with Gasteiger partial charge in [0.05, 0.1) is 35.9 Å². The zero-order valence-electron chi connectivity index (χ0n) is 17.0. The highest BCUT2D eigenvalue weighted by molar-refractivity contribution is 7.16. The highest BCUT2D eigenvalue weighted by Crippen LogP contribution is 2.20. The summed E-state index contributed by atoms with van der Waals surface area (Å²) >= 11 is 1.37. The minimum atomic E-state index is -0.395. The molecule has 0 aliphatic rings. The number of aryl methyl sites for hydroxylation is 2. The molecule has 0 saturated heterocycles. The number of benzene rings is 2. The number of carbonyl (C=O) groups is 2. The lowest BCUT2D eigenvalue weighted by Crippen LogP contribution is -2.20. The SMILES string of the molecule is COCCn1c(=NC(=O)Cc2cc(C)ccc2C)sc2cc(C(=O)OC)ccc21. The van der Waals surface area contributed by atoms with Gasteiger partial charge >= 0.3 is 5.97 Å². The van der Waals surface area contributed by atoms with E-state index in [2.05, 4.69) is 4.99 Å². The van der Waals surface area contributed by atoms with E-state index in [0.717, 1.165) is 26.9 Å². The van der Waals surface area contributed by atoms with Crippen molar-refractivity contribution >= 4 is 33.4 Å². The lowest BCUT2D eigenvalue weighted by atomic mass is 10.0. The van der Waals surface area contributed by atoms with Crippen molar-refractivity contribution in [1.29, 1.82) is 0 Å². The summed E-state index contributed by atoms with van der Waals surface area (Å²) in [5.74, 6) is -0.599. The first-order chi connectivity index (χ1) is 13.9. The van der Waals surface area contributed by atoms with Gasteiger partial charge in [-0.25, -0.2) is 4.79 Å². The number of methoxy groups -OCH3 is 2. The van der Waals surface area contributed by atoms with Crippen LogP contribution in [0, 0.1) is 13.8 Å². The van der Waals surface area contributed by atoms with Crippen molar-refractivity contribution in [1.82, 2.24) is 4.57 Å². The zero-order chi connectivity index (χ0) is 21.0. The maximum atomic E-state index is 12.7. The van der Waals surface area contributed by atoms with Crippen molar-refractivity contribution in [3.63, 3.8) is 0 Å². The molecule has 2 aromatic carbocycles. The van der Waals surface area contributed by atoms with Crippen LogP contribution in [0.1, 0.15) is 27.0 Å². The van der Waals surface area contributed by atoms with Crippen molar-refractivity contribution in [2.75, 3.05) is 20.8 Å². The van der Waals surface area contributed by atoms with Crippen LogP contribution in [0.4, 0.5) is 0 Å². The van der Waals surface area contributed by atoms with Gasteiger partial charge in [0.1, 0.15) is 0 Å². The van der Waals surface area contributed by atoms with Crippen LogP contribution in [0.25, 0.3) is 10.2 Å². The molecular weight excluding hydrogens is 388 g/mol. The minimum absolute atomic E-state index is 0.204. The van der Waals surface area contributed by atoms with E-state index in [1.165, 1.54) is 18.4 Å². The molecule has 152 valence electrons. The Hall–Kier alpha value is -2.77. The van der Waals surface area contributed by atoms with E-state index in [-0.39, 0.29) is 12.3 Å². The first kappa shape index (κ1) is 21.0. The van der Waals surface area contributed by atoms with Crippen LogP contribution in [0.15, 0.2) is 41.4 Å². The van der Waals surface area contributed by atoms with Gasteiger partial charge in [-0.1, -0.05) is 35.1 Å². The fourth-order valence-corrected chi connectivity index (χ4v) is 4.21. The molecule has 0 radical (unpaired) electrons. The van der Waals surface area contributed by atoms with E-state index in [0.29, 0.717) is 23.5 Å². The minimum Gasteiger partial charge on any atom is -0.465 e. The van der Waals surface area contributed by atoms with Gasteiger partial charge in [-0.05, 0) is 43.2 Å². The van der Waals surface area contributed by atoms with Gasteiger partial charge < -0.3 is 14.0 Å². The van der Waals surface area contributed by atoms with E-state index in [9.17, 15) is 9.59 Å². The van der Waals surface area contributed by atoms with Gasteiger partial charge in [-0.15, -0.1) is 0 Å². The second kappa shape index (κ2) is 9.15. The van der Waals surface area contributed by atoms with Crippen molar-refractivity contribution in [2.24, 2.45) is 4.99 Å². The summed E-state index contributed by atoms with van der Waals surface area (Å²) in [7, 11) is 2.99. The van der Waals surface area contributed by atoms with E-state index >= 15 is 0 Å².